The van der Waals surface area contributed by atoms with E-state index in [2.05, 4.69) is 25.0 Å². The molecule has 2 amide bonds. The lowest BCUT2D eigenvalue weighted by atomic mass is 9.86. The third-order valence-electron chi connectivity index (χ3n) is 9.56. The zero-order valence-corrected chi connectivity index (χ0v) is 32.3. The molecule has 0 aliphatic carbocycles. The van der Waals surface area contributed by atoms with E-state index in [4.69, 9.17) is 28.4 Å². The summed E-state index contributed by atoms with van der Waals surface area (Å²) in [4.78, 5) is 26.2. The van der Waals surface area contributed by atoms with Crippen LogP contribution in [0.4, 0.5) is 15.3 Å². The molecule has 3 aromatic carbocycles. The monoisotopic (exact) mass is 734 g/mol. The van der Waals surface area contributed by atoms with Gasteiger partial charge in [-0.3, -0.25) is 5.32 Å². The number of ether oxygens (including phenoxy) is 6. The standard InChI is InChI=1S/C40H54N2O9Si/c1-40(2)33-13-9-12-32(37(33)41-38(43)51-40)36(27-48-23-24-52(4,5)6)50-35-25-42(39(44)45)20-19-31(35)28-15-17-30(18-16-28)49-22-10-21-47-26-29-11-7-8-14-34(29)46-3/h7-9,11-18,31,35-36H,10,19-27H2,1-6H3,(H,41,43)(H,44,45). The molecular weight excluding hydrogens is 681 g/mol. The molecular formula is C40H54N2O9Si. The van der Waals surface area contributed by atoms with Gasteiger partial charge in [-0.2, -0.15) is 0 Å². The molecule has 52 heavy (non-hydrogen) atoms. The number of nitrogens with one attached hydrogen (secondary N) is 1. The van der Waals surface area contributed by atoms with Crippen LogP contribution in [0.2, 0.25) is 25.7 Å². The number of hydrogen-bond donors (Lipinski definition) is 2. The number of fused-ring (bicyclic) bond motifs is 1. The minimum Gasteiger partial charge on any atom is -0.496 e. The number of carboxylic acid groups (broad SMARTS) is 1. The second kappa shape index (κ2) is 17.6. The van der Waals surface area contributed by atoms with Crippen molar-refractivity contribution < 1.29 is 43.1 Å². The Kier molecular flexibility index (Phi) is 13.2. The Bertz CT molecular complexity index is 1640. The fraction of sp³-hybridized carbons (Fsp3) is 0.500. The molecule has 12 heteroatoms. The van der Waals surface area contributed by atoms with E-state index in [9.17, 15) is 14.7 Å². The molecule has 0 radical (unpaired) electrons. The smallest absolute Gasteiger partial charge is 0.412 e. The fourth-order valence-corrected chi connectivity index (χ4v) is 7.41. The highest BCUT2D eigenvalue weighted by Crippen LogP contribution is 2.42. The summed E-state index contributed by atoms with van der Waals surface area (Å²) in [7, 11) is 0.308. The first-order valence-electron chi connectivity index (χ1n) is 18.1. The Labute approximate surface area is 308 Å². The second-order valence-electron chi connectivity index (χ2n) is 15.1. The van der Waals surface area contributed by atoms with Crippen LogP contribution in [-0.4, -0.2) is 83.0 Å². The summed E-state index contributed by atoms with van der Waals surface area (Å²) in [6, 6.07) is 22.6. The van der Waals surface area contributed by atoms with E-state index in [1.54, 1.807) is 7.11 Å². The zero-order chi connectivity index (χ0) is 37.3. The molecule has 3 atom stereocenters. The van der Waals surface area contributed by atoms with E-state index < -0.39 is 38.1 Å². The van der Waals surface area contributed by atoms with Crippen molar-refractivity contribution in [3.05, 3.63) is 89.0 Å². The third kappa shape index (κ3) is 10.5. The summed E-state index contributed by atoms with van der Waals surface area (Å²) in [5.41, 5.74) is 3.48. The van der Waals surface area contributed by atoms with Gasteiger partial charge in [-0.25, -0.2) is 9.59 Å². The predicted octanol–water partition coefficient (Wildman–Crippen LogP) is 8.43. The van der Waals surface area contributed by atoms with Gasteiger partial charge in [0.05, 0.1) is 51.9 Å². The van der Waals surface area contributed by atoms with E-state index in [1.165, 1.54) is 4.90 Å². The van der Waals surface area contributed by atoms with Gasteiger partial charge in [0, 0.05) is 50.3 Å². The number of carbonyl (C=O) groups excluding carboxylic acids is 1. The van der Waals surface area contributed by atoms with Gasteiger partial charge in [0.25, 0.3) is 0 Å². The summed E-state index contributed by atoms with van der Waals surface area (Å²) in [6.45, 7) is 13.6. The second-order valence-corrected chi connectivity index (χ2v) is 20.7. The Morgan fingerprint density at radius 1 is 1.02 bits per heavy atom. The summed E-state index contributed by atoms with van der Waals surface area (Å²) < 4.78 is 36.1. The van der Waals surface area contributed by atoms with Crippen molar-refractivity contribution in [2.45, 2.75) is 82.7 Å². The van der Waals surface area contributed by atoms with E-state index >= 15 is 0 Å². The number of piperidine rings is 1. The van der Waals surface area contributed by atoms with Crippen LogP contribution >= 0.6 is 0 Å². The van der Waals surface area contributed by atoms with Crippen molar-refractivity contribution in [1.82, 2.24) is 4.90 Å². The van der Waals surface area contributed by atoms with Crippen LogP contribution in [0.5, 0.6) is 11.5 Å². The SMILES string of the molecule is COc1ccccc1COCCCOc1ccc(C2CCN(C(=O)O)CC2OC(COCC[Si](C)(C)C)c2cccc3c2NC(=O)OC3(C)C)cc1. The van der Waals surface area contributed by atoms with Gasteiger partial charge in [0.2, 0.25) is 0 Å². The third-order valence-corrected chi connectivity index (χ3v) is 11.3. The van der Waals surface area contributed by atoms with Gasteiger partial charge in [-0.15, -0.1) is 0 Å². The average Bonchev–Trinajstić information content (AvgIpc) is 3.10. The van der Waals surface area contributed by atoms with Crippen molar-refractivity contribution in [2.24, 2.45) is 0 Å². The molecule has 11 nitrogen and oxygen atoms in total. The van der Waals surface area contributed by atoms with Gasteiger partial charge in [0.15, 0.2) is 0 Å². The molecule has 0 bridgehead atoms. The molecule has 3 aromatic rings. The molecule has 2 aliphatic heterocycles. The number of anilines is 1. The maximum absolute atomic E-state index is 12.7. The molecule has 1 saturated heterocycles. The topological polar surface area (TPSA) is 125 Å². The zero-order valence-electron chi connectivity index (χ0n) is 31.3. The highest BCUT2D eigenvalue weighted by Gasteiger charge is 2.39. The van der Waals surface area contributed by atoms with Crippen molar-refractivity contribution in [3.8, 4) is 11.5 Å². The largest absolute Gasteiger partial charge is 0.496 e. The lowest BCUT2D eigenvalue weighted by Crippen LogP contribution is -2.47. The molecule has 0 saturated carbocycles. The highest BCUT2D eigenvalue weighted by atomic mass is 28.3. The van der Waals surface area contributed by atoms with Crippen LogP contribution in [0.1, 0.15) is 61.0 Å². The molecule has 282 valence electrons. The Hall–Kier alpha value is -4.10. The number of hydrogen-bond acceptors (Lipinski definition) is 8. The van der Waals surface area contributed by atoms with Crippen LogP contribution in [0.25, 0.3) is 0 Å². The summed E-state index contributed by atoms with van der Waals surface area (Å²) >= 11 is 0. The number of para-hydroxylation sites is 2. The summed E-state index contributed by atoms with van der Waals surface area (Å²) in [5, 5.41) is 12.9. The van der Waals surface area contributed by atoms with Gasteiger partial charge >= 0.3 is 12.2 Å². The quantitative estimate of drug-likeness (QED) is 0.104. The summed E-state index contributed by atoms with van der Waals surface area (Å²) in [6.07, 6.45) is -1.22. The van der Waals surface area contributed by atoms with E-state index in [-0.39, 0.29) is 19.1 Å². The maximum atomic E-state index is 12.7. The van der Waals surface area contributed by atoms with E-state index in [0.29, 0.717) is 45.1 Å². The molecule has 1 fully saturated rings. The first-order valence-corrected chi connectivity index (χ1v) is 21.8. The normalized spacial score (nSPS) is 18.9. The Morgan fingerprint density at radius 2 is 1.79 bits per heavy atom. The molecule has 2 heterocycles. The fourth-order valence-electron chi connectivity index (χ4n) is 6.65. The van der Waals surface area contributed by atoms with Crippen LogP contribution in [0, 0.1) is 0 Å². The molecule has 0 aromatic heterocycles. The van der Waals surface area contributed by atoms with Crippen LogP contribution in [0.15, 0.2) is 66.7 Å². The lowest BCUT2D eigenvalue weighted by Gasteiger charge is -2.40. The van der Waals surface area contributed by atoms with Gasteiger partial charge < -0.3 is 38.4 Å². The predicted molar refractivity (Wildman–Crippen MR) is 202 cm³/mol. The lowest BCUT2D eigenvalue weighted by molar-refractivity contribution is -0.0862. The Morgan fingerprint density at radius 3 is 2.52 bits per heavy atom. The van der Waals surface area contributed by atoms with Crippen molar-refractivity contribution in [3.63, 3.8) is 0 Å². The highest BCUT2D eigenvalue weighted by molar-refractivity contribution is 6.76. The maximum Gasteiger partial charge on any atom is 0.412 e. The molecule has 0 spiro atoms. The van der Waals surface area contributed by atoms with Crippen molar-refractivity contribution >= 4 is 25.9 Å². The summed E-state index contributed by atoms with van der Waals surface area (Å²) in [5.74, 6) is 1.48. The first kappa shape index (κ1) is 39.1. The van der Waals surface area contributed by atoms with E-state index in [1.807, 2.05) is 80.6 Å². The van der Waals surface area contributed by atoms with Crippen LogP contribution < -0.4 is 14.8 Å². The van der Waals surface area contributed by atoms with Gasteiger partial charge in [-0.05, 0) is 50.1 Å². The number of cyclic esters (lactones) is 1. The molecule has 5 rings (SSSR count). The minimum atomic E-state index is -1.35. The first-order chi connectivity index (χ1) is 24.8. The Balaban J connectivity index is 1.28. The van der Waals surface area contributed by atoms with Crippen LogP contribution in [0.3, 0.4) is 0 Å². The molecule has 2 aliphatic rings. The number of nitrogens with zero attached hydrogens (tertiary/aromatic N) is 1. The number of rotatable bonds is 17. The van der Waals surface area contributed by atoms with Gasteiger partial charge in [0.1, 0.15) is 23.2 Å². The van der Waals surface area contributed by atoms with Gasteiger partial charge in [-0.1, -0.05) is 68.2 Å². The average molecular weight is 735 g/mol. The number of methoxy groups -OCH3 is 1. The number of carbonyl (C=O) groups is 2. The number of likely N-dealkylation sites (tertiary alicyclic amines) is 1. The van der Waals surface area contributed by atoms with E-state index in [0.717, 1.165) is 46.2 Å². The minimum absolute atomic E-state index is 0.0774. The van der Waals surface area contributed by atoms with Crippen molar-refractivity contribution in [2.75, 3.05) is 51.9 Å². The van der Waals surface area contributed by atoms with Crippen molar-refractivity contribution in [1.29, 1.82) is 0 Å². The number of amides is 2. The molecule has 3 unspecified atom stereocenters. The van der Waals surface area contributed by atoms with Crippen LogP contribution in [-0.2, 0) is 31.2 Å². The molecule has 2 N–H and O–H groups in total. The number of benzene rings is 3.